The quantitative estimate of drug-likeness (QED) is 0.786. The number of rotatable bonds is 3. The predicted molar refractivity (Wildman–Crippen MR) is 79.3 cm³/mol. The van der Waals surface area contributed by atoms with E-state index in [1.54, 1.807) is 6.07 Å². The van der Waals surface area contributed by atoms with Crippen LogP contribution in [0.15, 0.2) is 22.8 Å². The monoisotopic (exact) mass is 295 g/mol. The van der Waals surface area contributed by atoms with Gasteiger partial charge in [0, 0.05) is 17.7 Å². The molecule has 2 aromatic heterocycles. The average Bonchev–Trinajstić information content (AvgIpc) is 2.99. The molecule has 22 heavy (non-hydrogen) atoms. The molecular weight excluding hydrogens is 282 g/mol. The third-order valence-corrected chi connectivity index (χ3v) is 3.53. The molecule has 0 bridgehead atoms. The number of fused-ring (bicyclic) bond motifs is 1. The molecule has 7 nitrogen and oxygen atoms in total. The molecule has 0 amide bonds. The van der Waals surface area contributed by atoms with Gasteiger partial charge in [-0.3, -0.25) is 0 Å². The van der Waals surface area contributed by atoms with Crippen molar-refractivity contribution in [2.75, 3.05) is 12.8 Å². The topological polar surface area (TPSA) is 111 Å². The molecule has 0 aliphatic heterocycles. The predicted octanol–water partition coefficient (Wildman–Crippen LogP) is 1.98. The number of benzene rings is 1. The lowest BCUT2D eigenvalue weighted by atomic mass is 10.0. The van der Waals surface area contributed by atoms with Gasteiger partial charge in [-0.25, -0.2) is 9.61 Å². The van der Waals surface area contributed by atoms with Crippen molar-refractivity contribution in [3.63, 3.8) is 0 Å². The number of pyridine rings is 1. The van der Waals surface area contributed by atoms with Crippen LogP contribution in [0.2, 0.25) is 0 Å². The lowest BCUT2D eigenvalue weighted by Gasteiger charge is -2.10. The Balaban J connectivity index is 2.05. The smallest absolute Gasteiger partial charge is 0.226 e. The number of methoxy groups -OCH3 is 1. The molecule has 0 atom stereocenters. The number of anilines is 1. The standard InChI is InChI=1S/C15H13N5O2/c1-8-11(13(17)14-15(18-8)20-22-19-14)5-9-3-4-10(7-16)12(6-9)21-2/h3-4,6H,5,17H2,1-2H3. The first-order valence-corrected chi connectivity index (χ1v) is 6.58. The van der Waals surface area contributed by atoms with Gasteiger partial charge in [-0.05, 0) is 34.9 Å². The third-order valence-electron chi connectivity index (χ3n) is 3.53. The van der Waals surface area contributed by atoms with E-state index >= 15 is 0 Å². The summed E-state index contributed by atoms with van der Waals surface area (Å²) >= 11 is 0. The minimum atomic E-state index is 0.399. The fourth-order valence-electron chi connectivity index (χ4n) is 2.36. The number of nitriles is 1. The Morgan fingerprint density at radius 2 is 2.18 bits per heavy atom. The average molecular weight is 295 g/mol. The molecule has 0 saturated carbocycles. The SMILES string of the molecule is COc1cc(Cc2c(C)nc3nonc3c2N)ccc1C#N. The number of nitrogen functional groups attached to an aromatic ring is 1. The highest BCUT2D eigenvalue weighted by Crippen LogP contribution is 2.27. The molecule has 1 aromatic carbocycles. The molecule has 0 spiro atoms. The van der Waals surface area contributed by atoms with Crippen molar-refractivity contribution in [1.29, 1.82) is 5.26 Å². The van der Waals surface area contributed by atoms with Crippen LogP contribution in [-0.2, 0) is 6.42 Å². The molecule has 0 unspecified atom stereocenters. The van der Waals surface area contributed by atoms with Gasteiger partial charge in [-0.1, -0.05) is 6.07 Å². The van der Waals surface area contributed by atoms with Crippen LogP contribution in [0.25, 0.3) is 11.2 Å². The molecule has 0 fully saturated rings. The largest absolute Gasteiger partial charge is 0.495 e. The van der Waals surface area contributed by atoms with E-state index in [-0.39, 0.29) is 0 Å². The number of hydrogen-bond donors (Lipinski definition) is 1. The van der Waals surface area contributed by atoms with Crippen molar-refractivity contribution in [2.24, 2.45) is 0 Å². The van der Waals surface area contributed by atoms with Gasteiger partial charge >= 0.3 is 0 Å². The zero-order valence-electron chi connectivity index (χ0n) is 12.1. The fourth-order valence-corrected chi connectivity index (χ4v) is 2.36. The Morgan fingerprint density at radius 3 is 2.91 bits per heavy atom. The fraction of sp³-hybridized carbons (Fsp3) is 0.200. The van der Waals surface area contributed by atoms with Gasteiger partial charge in [0.2, 0.25) is 5.65 Å². The highest BCUT2D eigenvalue weighted by molar-refractivity contribution is 5.85. The molecule has 0 aliphatic rings. The number of aromatic nitrogens is 3. The molecule has 7 heteroatoms. The maximum Gasteiger partial charge on any atom is 0.226 e. The highest BCUT2D eigenvalue weighted by atomic mass is 16.6. The van der Waals surface area contributed by atoms with E-state index in [2.05, 4.69) is 26.0 Å². The van der Waals surface area contributed by atoms with Gasteiger partial charge in [0.05, 0.1) is 18.4 Å². The Hall–Kier alpha value is -3.14. The molecule has 3 rings (SSSR count). The molecule has 0 saturated heterocycles. The maximum absolute atomic E-state index is 9.03. The third kappa shape index (κ3) is 2.20. The van der Waals surface area contributed by atoms with E-state index < -0.39 is 0 Å². The lowest BCUT2D eigenvalue weighted by molar-refractivity contribution is 0.315. The van der Waals surface area contributed by atoms with Crippen LogP contribution in [0.5, 0.6) is 5.75 Å². The second-order valence-corrected chi connectivity index (χ2v) is 4.85. The van der Waals surface area contributed by atoms with Crippen molar-refractivity contribution in [2.45, 2.75) is 13.3 Å². The number of nitrogens with zero attached hydrogens (tertiary/aromatic N) is 4. The Morgan fingerprint density at radius 1 is 1.36 bits per heavy atom. The first-order valence-electron chi connectivity index (χ1n) is 6.58. The summed E-state index contributed by atoms with van der Waals surface area (Å²) in [4.78, 5) is 4.34. The molecule has 3 aromatic rings. The van der Waals surface area contributed by atoms with Crippen LogP contribution in [0, 0.1) is 18.3 Å². The van der Waals surface area contributed by atoms with Gasteiger partial charge in [-0.15, -0.1) is 0 Å². The Kier molecular flexibility index (Phi) is 3.35. The number of aryl methyl sites for hydroxylation is 1. The molecular formula is C15H13N5O2. The van der Waals surface area contributed by atoms with E-state index in [1.807, 2.05) is 19.1 Å². The normalized spacial score (nSPS) is 10.6. The van der Waals surface area contributed by atoms with Crippen molar-refractivity contribution in [3.05, 3.63) is 40.6 Å². The van der Waals surface area contributed by atoms with Gasteiger partial charge < -0.3 is 10.5 Å². The van der Waals surface area contributed by atoms with E-state index in [4.69, 9.17) is 15.7 Å². The van der Waals surface area contributed by atoms with Crippen molar-refractivity contribution < 1.29 is 9.37 Å². The summed E-state index contributed by atoms with van der Waals surface area (Å²) in [6.07, 6.45) is 0.551. The maximum atomic E-state index is 9.03. The van der Waals surface area contributed by atoms with Crippen LogP contribution in [0.4, 0.5) is 5.69 Å². The van der Waals surface area contributed by atoms with E-state index in [1.165, 1.54) is 7.11 Å². The second kappa shape index (κ2) is 5.33. The molecule has 0 radical (unpaired) electrons. The van der Waals surface area contributed by atoms with Crippen molar-refractivity contribution >= 4 is 16.9 Å². The molecule has 2 heterocycles. The summed E-state index contributed by atoms with van der Waals surface area (Å²) in [7, 11) is 1.54. The Bertz CT molecular complexity index is 895. The van der Waals surface area contributed by atoms with Gasteiger partial charge in [0.15, 0.2) is 5.52 Å². The first-order chi connectivity index (χ1) is 10.6. The zero-order chi connectivity index (χ0) is 15.7. The number of nitrogens with two attached hydrogens (primary N) is 1. The summed E-state index contributed by atoms with van der Waals surface area (Å²) in [5.74, 6) is 0.536. The molecule has 0 aliphatic carbocycles. The Labute approximate surface area is 126 Å². The number of ether oxygens (including phenoxy) is 1. The molecule has 110 valence electrons. The van der Waals surface area contributed by atoms with Crippen molar-refractivity contribution in [1.82, 2.24) is 15.3 Å². The van der Waals surface area contributed by atoms with Crippen LogP contribution in [0.3, 0.4) is 0 Å². The minimum absolute atomic E-state index is 0.399. The van der Waals surface area contributed by atoms with Gasteiger partial charge in [0.1, 0.15) is 11.8 Å². The van der Waals surface area contributed by atoms with Gasteiger partial charge in [0.25, 0.3) is 0 Å². The number of hydrogen-bond acceptors (Lipinski definition) is 7. The highest BCUT2D eigenvalue weighted by Gasteiger charge is 2.15. The van der Waals surface area contributed by atoms with Crippen LogP contribution in [-0.4, -0.2) is 22.4 Å². The van der Waals surface area contributed by atoms with Crippen molar-refractivity contribution in [3.8, 4) is 11.8 Å². The van der Waals surface area contributed by atoms with Gasteiger partial charge in [-0.2, -0.15) is 5.26 Å². The minimum Gasteiger partial charge on any atom is -0.495 e. The summed E-state index contributed by atoms with van der Waals surface area (Å²) < 4.78 is 9.90. The van der Waals surface area contributed by atoms with E-state index in [9.17, 15) is 0 Å². The zero-order valence-corrected chi connectivity index (χ0v) is 12.1. The summed E-state index contributed by atoms with van der Waals surface area (Å²) in [6, 6.07) is 7.50. The summed E-state index contributed by atoms with van der Waals surface area (Å²) in [5.41, 5.74) is 10.6. The van der Waals surface area contributed by atoms with E-state index in [0.29, 0.717) is 34.6 Å². The summed E-state index contributed by atoms with van der Waals surface area (Å²) in [6.45, 7) is 1.86. The molecule has 2 N–H and O–H groups in total. The van der Waals surface area contributed by atoms with Crippen LogP contribution in [0.1, 0.15) is 22.4 Å². The lowest BCUT2D eigenvalue weighted by Crippen LogP contribution is -2.03. The van der Waals surface area contributed by atoms with Crippen LogP contribution < -0.4 is 10.5 Å². The van der Waals surface area contributed by atoms with E-state index in [0.717, 1.165) is 16.8 Å². The summed E-state index contributed by atoms with van der Waals surface area (Å²) in [5, 5.41) is 16.5. The first kappa shape index (κ1) is 13.8. The van der Waals surface area contributed by atoms with Crippen LogP contribution >= 0.6 is 0 Å². The second-order valence-electron chi connectivity index (χ2n) is 4.85.